The van der Waals surface area contributed by atoms with Crippen molar-refractivity contribution in [3.63, 3.8) is 0 Å². The molecule has 2 aliphatic rings. The molecule has 2 fully saturated rings. The third kappa shape index (κ3) is 6.16. The molecule has 1 aromatic heterocycles. The van der Waals surface area contributed by atoms with Gasteiger partial charge >= 0.3 is 0 Å². The van der Waals surface area contributed by atoms with Crippen LogP contribution in [0.3, 0.4) is 0 Å². The first-order valence-electron chi connectivity index (χ1n) is 11.3. The second-order valence-electron chi connectivity index (χ2n) is 8.45. The van der Waals surface area contributed by atoms with Crippen LogP contribution in [0.1, 0.15) is 59.2 Å². The van der Waals surface area contributed by atoms with E-state index < -0.39 is 11.7 Å². The van der Waals surface area contributed by atoms with Crippen LogP contribution in [-0.2, 0) is 0 Å². The Morgan fingerprint density at radius 2 is 1.58 bits per heavy atom. The maximum atomic E-state index is 13.8. The van der Waals surface area contributed by atoms with Gasteiger partial charge in [-0.3, -0.25) is 9.59 Å². The highest BCUT2D eigenvalue weighted by Gasteiger charge is 2.27. The molecule has 1 saturated carbocycles. The lowest BCUT2D eigenvalue weighted by Gasteiger charge is -2.30. The predicted molar refractivity (Wildman–Crippen MR) is 124 cm³/mol. The van der Waals surface area contributed by atoms with Gasteiger partial charge in [0, 0.05) is 12.1 Å². The summed E-state index contributed by atoms with van der Waals surface area (Å²) >= 11 is 1.87. The van der Waals surface area contributed by atoms with Crippen molar-refractivity contribution in [1.29, 1.82) is 0 Å². The van der Waals surface area contributed by atoms with Crippen LogP contribution in [0.15, 0.2) is 36.5 Å². The van der Waals surface area contributed by atoms with Crippen LogP contribution in [0.25, 0.3) is 0 Å². The highest BCUT2D eigenvalue weighted by Crippen LogP contribution is 2.26. The molecule has 9 heteroatoms. The van der Waals surface area contributed by atoms with E-state index >= 15 is 0 Å². The van der Waals surface area contributed by atoms with Crippen molar-refractivity contribution < 1.29 is 23.8 Å². The van der Waals surface area contributed by atoms with Gasteiger partial charge in [-0.05, 0) is 68.2 Å². The Morgan fingerprint density at radius 1 is 0.970 bits per heavy atom. The van der Waals surface area contributed by atoms with Crippen LogP contribution in [-0.4, -0.2) is 51.6 Å². The number of halogens is 1. The predicted octanol–water partition coefficient (Wildman–Crippen LogP) is 3.67. The first kappa shape index (κ1) is 23.4. The maximum Gasteiger partial charge on any atom is 0.257 e. The number of hydrogen-bond donors (Lipinski definition) is 3. The maximum absolute atomic E-state index is 13.8. The summed E-state index contributed by atoms with van der Waals surface area (Å²) in [4.78, 5) is 29.4. The number of nitrogens with zero attached hydrogens (tertiary/aromatic N) is 1. The molecule has 0 atom stereocenters. The summed E-state index contributed by atoms with van der Waals surface area (Å²) in [5, 5.41) is 15.8. The van der Waals surface area contributed by atoms with Crippen molar-refractivity contribution in [2.45, 2.75) is 56.7 Å². The lowest BCUT2D eigenvalue weighted by molar-refractivity contribution is 0.0884. The van der Waals surface area contributed by atoms with Crippen molar-refractivity contribution in [3.8, 4) is 11.6 Å². The van der Waals surface area contributed by atoms with Crippen molar-refractivity contribution in [1.82, 2.24) is 15.6 Å². The van der Waals surface area contributed by atoms with Crippen molar-refractivity contribution in [2.75, 3.05) is 11.5 Å². The molecule has 0 spiro atoms. The van der Waals surface area contributed by atoms with Gasteiger partial charge in [0.2, 0.25) is 5.88 Å². The minimum Gasteiger partial charge on any atom is -0.507 e. The molecule has 33 heavy (non-hydrogen) atoms. The molecule has 1 aliphatic carbocycles. The molecule has 176 valence electrons. The number of hydrogen-bond acceptors (Lipinski definition) is 6. The van der Waals surface area contributed by atoms with E-state index in [0.29, 0.717) is 25.7 Å². The number of carbonyl (C=O) groups excluding carboxylic acids is 2. The molecule has 2 amide bonds. The minimum atomic E-state index is -0.581. The minimum absolute atomic E-state index is 0.0149. The number of para-hydroxylation sites is 1. The molecule has 7 nitrogen and oxygen atoms in total. The first-order chi connectivity index (χ1) is 16.0. The van der Waals surface area contributed by atoms with E-state index in [1.165, 1.54) is 12.1 Å². The SMILES string of the molecule is O=C(N[C@H]1CC[C@@H](NC(=O)c2cc(F)cnc2OC2CCSCC2)CC1)c1ccccc1O. The van der Waals surface area contributed by atoms with Gasteiger partial charge < -0.3 is 20.5 Å². The Kier molecular flexibility index (Phi) is 7.69. The summed E-state index contributed by atoms with van der Waals surface area (Å²) < 4.78 is 19.8. The number of rotatable bonds is 6. The summed E-state index contributed by atoms with van der Waals surface area (Å²) in [5.41, 5.74) is 0.360. The molecule has 4 rings (SSSR count). The Bertz CT molecular complexity index is 991. The monoisotopic (exact) mass is 473 g/mol. The zero-order valence-corrected chi connectivity index (χ0v) is 19.1. The van der Waals surface area contributed by atoms with Crippen LogP contribution >= 0.6 is 11.8 Å². The van der Waals surface area contributed by atoms with Crippen LogP contribution in [0, 0.1) is 5.82 Å². The molecule has 2 heterocycles. The number of carbonyl (C=O) groups is 2. The van der Waals surface area contributed by atoms with Crippen molar-refractivity contribution in [3.05, 3.63) is 53.5 Å². The molecule has 2 aromatic rings. The number of phenolic OH excluding ortho intramolecular Hbond substituents is 1. The van der Waals surface area contributed by atoms with Crippen LogP contribution in [0.2, 0.25) is 0 Å². The Morgan fingerprint density at radius 3 is 2.21 bits per heavy atom. The number of ether oxygens (including phenoxy) is 1. The van der Waals surface area contributed by atoms with Gasteiger partial charge in [-0.1, -0.05) is 12.1 Å². The first-order valence-corrected chi connectivity index (χ1v) is 12.4. The van der Waals surface area contributed by atoms with Gasteiger partial charge in [0.25, 0.3) is 11.8 Å². The van der Waals surface area contributed by atoms with Gasteiger partial charge in [0.15, 0.2) is 0 Å². The fourth-order valence-electron chi connectivity index (χ4n) is 4.21. The smallest absolute Gasteiger partial charge is 0.257 e. The van der Waals surface area contributed by atoms with Gasteiger partial charge in [0.05, 0.1) is 11.8 Å². The number of aromatic nitrogens is 1. The second-order valence-corrected chi connectivity index (χ2v) is 9.67. The standard InChI is InChI=1S/C24H28FN3O4S/c25-15-13-20(24(26-14-15)32-18-9-11-33-12-10-18)23(31)28-17-7-5-16(6-8-17)27-22(30)19-3-1-2-4-21(19)29/h1-4,13-14,16-18,29H,5-12H2,(H,27,30)(H,28,31)/t16-,17+. The quantitative estimate of drug-likeness (QED) is 0.592. The molecular formula is C24H28FN3O4S. The number of pyridine rings is 1. The zero-order valence-electron chi connectivity index (χ0n) is 18.3. The fraction of sp³-hybridized carbons (Fsp3) is 0.458. The molecule has 1 aliphatic heterocycles. The second kappa shape index (κ2) is 10.9. The third-order valence-corrected chi connectivity index (χ3v) is 7.10. The zero-order chi connectivity index (χ0) is 23.2. The number of thioether (sulfide) groups is 1. The largest absolute Gasteiger partial charge is 0.507 e. The average Bonchev–Trinajstić information content (AvgIpc) is 2.82. The van der Waals surface area contributed by atoms with E-state index in [0.717, 1.165) is 30.5 Å². The number of nitrogens with one attached hydrogen (secondary N) is 2. The highest BCUT2D eigenvalue weighted by molar-refractivity contribution is 7.99. The number of aromatic hydroxyl groups is 1. The van der Waals surface area contributed by atoms with Crippen LogP contribution in [0.5, 0.6) is 11.6 Å². The Labute approximate surface area is 196 Å². The highest BCUT2D eigenvalue weighted by atomic mass is 32.2. The van der Waals surface area contributed by atoms with Gasteiger partial charge in [-0.2, -0.15) is 11.8 Å². The number of amides is 2. The summed E-state index contributed by atoms with van der Waals surface area (Å²) in [5.74, 6) is 0.827. The molecule has 0 bridgehead atoms. The van der Waals surface area contributed by atoms with E-state index in [2.05, 4.69) is 15.6 Å². The molecule has 0 unspecified atom stereocenters. The van der Waals surface area contributed by atoms with E-state index in [1.807, 2.05) is 11.8 Å². The summed E-state index contributed by atoms with van der Waals surface area (Å²) in [7, 11) is 0. The van der Waals surface area contributed by atoms with Gasteiger partial charge in [-0.25, -0.2) is 9.37 Å². The van der Waals surface area contributed by atoms with Crippen LogP contribution < -0.4 is 15.4 Å². The van der Waals surface area contributed by atoms with E-state index in [9.17, 15) is 19.1 Å². The summed E-state index contributed by atoms with van der Waals surface area (Å²) in [6.07, 6.45) is 5.54. The number of phenols is 1. The van der Waals surface area contributed by atoms with Crippen molar-refractivity contribution >= 4 is 23.6 Å². The van der Waals surface area contributed by atoms with Crippen LogP contribution in [0.4, 0.5) is 4.39 Å². The Hall–Kier alpha value is -2.81. The van der Waals surface area contributed by atoms with E-state index in [4.69, 9.17) is 4.74 Å². The van der Waals surface area contributed by atoms with E-state index in [1.54, 1.807) is 18.2 Å². The summed E-state index contributed by atoms with van der Waals surface area (Å²) in [6.45, 7) is 0. The molecular weight excluding hydrogens is 445 g/mol. The van der Waals surface area contributed by atoms with Crippen molar-refractivity contribution in [2.24, 2.45) is 0 Å². The van der Waals surface area contributed by atoms with Gasteiger partial charge in [-0.15, -0.1) is 0 Å². The fourth-order valence-corrected chi connectivity index (χ4v) is 5.27. The molecule has 1 aromatic carbocycles. The topological polar surface area (TPSA) is 101 Å². The molecule has 0 radical (unpaired) electrons. The molecule has 3 N–H and O–H groups in total. The third-order valence-electron chi connectivity index (χ3n) is 6.06. The Balaban J connectivity index is 1.31. The summed E-state index contributed by atoms with van der Waals surface area (Å²) in [6, 6.07) is 7.48. The average molecular weight is 474 g/mol. The van der Waals surface area contributed by atoms with E-state index in [-0.39, 0.29) is 46.9 Å². The lowest BCUT2D eigenvalue weighted by Crippen LogP contribution is -2.44. The van der Waals surface area contributed by atoms with Gasteiger partial charge in [0.1, 0.15) is 23.2 Å². The normalized spacial score (nSPS) is 21.2. The lowest BCUT2D eigenvalue weighted by atomic mass is 9.90. The molecule has 1 saturated heterocycles. The number of benzene rings is 1.